The molecule has 0 unspecified atom stereocenters. The van der Waals surface area contributed by atoms with Crippen LogP contribution in [0.1, 0.15) is 25.7 Å². The van der Waals surface area contributed by atoms with Crippen LogP contribution >= 0.6 is 11.3 Å². The first-order valence-corrected chi connectivity index (χ1v) is 8.71. The number of para-hydroxylation sites is 1. The van der Waals surface area contributed by atoms with Crippen molar-refractivity contribution in [1.82, 2.24) is 4.98 Å². The van der Waals surface area contributed by atoms with Crippen LogP contribution in [0.5, 0.6) is 0 Å². The van der Waals surface area contributed by atoms with E-state index in [1.165, 1.54) is 19.1 Å². The molecule has 2 amide bonds. The molecular formula is C17H13N3O7S. The number of nitrogens with one attached hydrogen (secondary N) is 1. The molecule has 0 atom stereocenters. The predicted molar refractivity (Wildman–Crippen MR) is 96.5 cm³/mol. The van der Waals surface area contributed by atoms with E-state index in [4.69, 9.17) is 9.84 Å². The summed E-state index contributed by atoms with van der Waals surface area (Å²) in [7, 11) is 0. The molecule has 1 aliphatic heterocycles. The van der Waals surface area contributed by atoms with Gasteiger partial charge in [0.25, 0.3) is 17.6 Å². The van der Waals surface area contributed by atoms with Gasteiger partial charge >= 0.3 is 11.9 Å². The first kappa shape index (κ1) is 19.2. The number of benzene rings is 1. The highest BCUT2D eigenvalue weighted by atomic mass is 32.1. The molecule has 0 spiro atoms. The molecule has 10 nitrogen and oxygen atoms in total. The SMILES string of the molecule is Cc1nc(NC(=O)COC(=O)CN2C(=O)C(=O)c3ccccc32)sc1C(=O)O. The molecule has 3 rings (SSSR count). The molecule has 2 N–H and O–H groups in total. The number of hydrogen-bond acceptors (Lipinski definition) is 8. The van der Waals surface area contributed by atoms with Crippen molar-refractivity contribution in [3.8, 4) is 0 Å². The highest BCUT2D eigenvalue weighted by Gasteiger charge is 2.36. The Balaban J connectivity index is 1.55. The molecule has 1 aromatic heterocycles. The number of anilines is 2. The fourth-order valence-corrected chi connectivity index (χ4v) is 3.35. The fourth-order valence-electron chi connectivity index (χ4n) is 2.53. The summed E-state index contributed by atoms with van der Waals surface area (Å²) in [5, 5.41) is 11.4. The van der Waals surface area contributed by atoms with E-state index in [1.807, 2.05) is 0 Å². The van der Waals surface area contributed by atoms with Gasteiger partial charge in [-0.3, -0.25) is 29.4 Å². The van der Waals surface area contributed by atoms with Crippen LogP contribution in [-0.2, 0) is 19.1 Å². The average Bonchev–Trinajstić information content (AvgIpc) is 3.13. The summed E-state index contributed by atoms with van der Waals surface area (Å²) < 4.78 is 4.83. The molecule has 28 heavy (non-hydrogen) atoms. The van der Waals surface area contributed by atoms with Crippen LogP contribution in [-0.4, -0.2) is 52.8 Å². The molecule has 0 aliphatic carbocycles. The van der Waals surface area contributed by atoms with Crippen LogP contribution in [0.25, 0.3) is 0 Å². The smallest absolute Gasteiger partial charge is 0.347 e. The maximum absolute atomic E-state index is 12.0. The number of aromatic nitrogens is 1. The number of nitrogens with zero attached hydrogens (tertiary/aromatic N) is 2. The molecule has 0 radical (unpaired) electrons. The van der Waals surface area contributed by atoms with Crippen LogP contribution < -0.4 is 10.2 Å². The maximum Gasteiger partial charge on any atom is 0.347 e. The minimum Gasteiger partial charge on any atom is -0.477 e. The number of amides is 2. The van der Waals surface area contributed by atoms with E-state index in [-0.39, 0.29) is 21.3 Å². The van der Waals surface area contributed by atoms with Crippen molar-refractivity contribution in [2.75, 3.05) is 23.4 Å². The van der Waals surface area contributed by atoms with Gasteiger partial charge < -0.3 is 9.84 Å². The summed E-state index contributed by atoms with van der Waals surface area (Å²) >= 11 is 0.776. The normalized spacial score (nSPS) is 12.7. The first-order chi connectivity index (χ1) is 13.3. The van der Waals surface area contributed by atoms with Gasteiger partial charge in [-0.05, 0) is 19.1 Å². The number of fused-ring (bicyclic) bond motifs is 1. The third-order valence-corrected chi connectivity index (χ3v) is 4.83. The lowest BCUT2D eigenvalue weighted by atomic mass is 10.1. The zero-order valence-electron chi connectivity index (χ0n) is 14.4. The van der Waals surface area contributed by atoms with E-state index >= 15 is 0 Å². The molecule has 2 heterocycles. The van der Waals surface area contributed by atoms with E-state index in [9.17, 15) is 24.0 Å². The van der Waals surface area contributed by atoms with Gasteiger partial charge in [0.05, 0.1) is 16.9 Å². The Bertz CT molecular complexity index is 1010. The highest BCUT2D eigenvalue weighted by Crippen LogP contribution is 2.28. The molecular weight excluding hydrogens is 390 g/mol. The zero-order valence-corrected chi connectivity index (χ0v) is 15.2. The zero-order chi connectivity index (χ0) is 20.4. The number of aromatic carboxylic acids is 1. The summed E-state index contributed by atoms with van der Waals surface area (Å²) in [5.41, 5.74) is 0.755. The lowest BCUT2D eigenvalue weighted by Crippen LogP contribution is -2.36. The number of Topliss-reactive ketones (excluding diaryl/α,β-unsaturated/α-hetero) is 1. The van der Waals surface area contributed by atoms with Gasteiger partial charge in [0, 0.05) is 0 Å². The quantitative estimate of drug-likeness (QED) is 0.534. The Morgan fingerprint density at radius 2 is 1.96 bits per heavy atom. The van der Waals surface area contributed by atoms with Crippen LogP contribution in [0, 0.1) is 6.92 Å². The van der Waals surface area contributed by atoms with Crippen molar-refractivity contribution in [2.24, 2.45) is 0 Å². The Kier molecular flexibility index (Phi) is 5.18. The van der Waals surface area contributed by atoms with Gasteiger partial charge in [0.2, 0.25) is 0 Å². The molecule has 0 saturated heterocycles. The van der Waals surface area contributed by atoms with Crippen LogP contribution in [0.4, 0.5) is 10.8 Å². The first-order valence-electron chi connectivity index (χ1n) is 7.89. The average molecular weight is 403 g/mol. The third kappa shape index (κ3) is 3.74. The van der Waals surface area contributed by atoms with Gasteiger partial charge in [-0.2, -0.15) is 0 Å². The number of carbonyl (C=O) groups is 5. The molecule has 1 aliphatic rings. The summed E-state index contributed by atoms with van der Waals surface area (Å²) in [5.74, 6) is -4.32. The molecule has 0 fully saturated rings. The van der Waals surface area contributed by atoms with Crippen molar-refractivity contribution in [2.45, 2.75) is 6.92 Å². The van der Waals surface area contributed by atoms with E-state index in [1.54, 1.807) is 12.1 Å². The Hall–Kier alpha value is -3.60. The monoisotopic (exact) mass is 403 g/mol. The number of thiazole rings is 1. The van der Waals surface area contributed by atoms with Crippen LogP contribution in [0.3, 0.4) is 0 Å². The van der Waals surface area contributed by atoms with Crippen molar-refractivity contribution in [3.63, 3.8) is 0 Å². The standard InChI is InChI=1S/C17H13N3O7S/c1-8-14(16(25)26)28-17(18-8)19-11(21)7-27-12(22)6-20-10-5-3-2-4-9(10)13(23)15(20)24/h2-5H,6-7H2,1H3,(H,25,26)(H,18,19,21). The van der Waals surface area contributed by atoms with E-state index < -0.39 is 42.7 Å². The number of carboxylic acids is 1. The predicted octanol–water partition coefficient (Wildman–Crippen LogP) is 0.861. The van der Waals surface area contributed by atoms with Crippen molar-refractivity contribution >= 4 is 51.7 Å². The van der Waals surface area contributed by atoms with E-state index in [0.29, 0.717) is 5.69 Å². The van der Waals surface area contributed by atoms with Gasteiger partial charge in [-0.1, -0.05) is 23.5 Å². The summed E-state index contributed by atoms with van der Waals surface area (Å²) in [4.78, 5) is 63.6. The number of ketones is 1. The van der Waals surface area contributed by atoms with Gasteiger partial charge in [0.15, 0.2) is 11.7 Å². The molecule has 0 bridgehead atoms. The minimum atomic E-state index is -1.16. The Labute approximate surface area is 161 Å². The van der Waals surface area contributed by atoms with Gasteiger partial charge in [-0.25, -0.2) is 9.78 Å². The molecule has 144 valence electrons. The summed E-state index contributed by atoms with van der Waals surface area (Å²) in [6.07, 6.45) is 0. The molecule has 1 aromatic carbocycles. The fraction of sp³-hybridized carbons (Fsp3) is 0.176. The van der Waals surface area contributed by atoms with E-state index in [0.717, 1.165) is 16.2 Å². The van der Waals surface area contributed by atoms with Crippen LogP contribution in [0.2, 0.25) is 0 Å². The third-order valence-electron chi connectivity index (χ3n) is 3.77. The summed E-state index contributed by atoms with van der Waals surface area (Å²) in [6, 6.07) is 6.24. The number of carboxylic acid groups (broad SMARTS) is 1. The minimum absolute atomic E-state index is 0.0110. The number of esters is 1. The topological polar surface area (TPSA) is 143 Å². The maximum atomic E-state index is 12.0. The Morgan fingerprint density at radius 1 is 1.25 bits per heavy atom. The van der Waals surface area contributed by atoms with E-state index in [2.05, 4.69) is 10.3 Å². The summed E-state index contributed by atoms with van der Waals surface area (Å²) in [6.45, 7) is 0.313. The lowest BCUT2D eigenvalue weighted by Gasteiger charge is -2.15. The second kappa shape index (κ2) is 7.56. The largest absolute Gasteiger partial charge is 0.477 e. The molecule has 0 saturated carbocycles. The van der Waals surface area contributed by atoms with Crippen LogP contribution in [0.15, 0.2) is 24.3 Å². The van der Waals surface area contributed by atoms with Gasteiger partial charge in [0.1, 0.15) is 11.4 Å². The second-order valence-electron chi connectivity index (χ2n) is 5.69. The number of aryl methyl sites for hydroxylation is 1. The highest BCUT2D eigenvalue weighted by molar-refractivity contribution is 7.17. The number of hydrogen-bond donors (Lipinski definition) is 2. The molecule has 11 heteroatoms. The number of ether oxygens (including phenoxy) is 1. The Morgan fingerprint density at radius 3 is 2.64 bits per heavy atom. The molecule has 2 aromatic rings. The lowest BCUT2D eigenvalue weighted by molar-refractivity contribution is -0.146. The van der Waals surface area contributed by atoms with Crippen molar-refractivity contribution in [3.05, 3.63) is 40.4 Å². The van der Waals surface area contributed by atoms with Crippen molar-refractivity contribution < 1.29 is 33.8 Å². The number of carbonyl (C=O) groups excluding carboxylic acids is 4. The number of rotatable bonds is 6. The van der Waals surface area contributed by atoms with Crippen molar-refractivity contribution in [1.29, 1.82) is 0 Å². The second-order valence-corrected chi connectivity index (χ2v) is 6.68. The van der Waals surface area contributed by atoms with Gasteiger partial charge in [-0.15, -0.1) is 0 Å².